The van der Waals surface area contributed by atoms with Crippen molar-refractivity contribution in [1.82, 2.24) is 4.57 Å². The Hall–Kier alpha value is -1.42. The van der Waals surface area contributed by atoms with Crippen molar-refractivity contribution in [2.75, 3.05) is 0 Å². The van der Waals surface area contributed by atoms with Crippen LogP contribution in [0.2, 0.25) is 5.02 Å². The van der Waals surface area contributed by atoms with Gasteiger partial charge in [0.05, 0.1) is 16.3 Å². The number of halogens is 4. The Bertz CT molecular complexity index is 565. The van der Waals surface area contributed by atoms with Crippen molar-refractivity contribution < 1.29 is 13.2 Å². The summed E-state index contributed by atoms with van der Waals surface area (Å²) in [6.07, 6.45) is -4.37. The fourth-order valence-electron chi connectivity index (χ4n) is 1.91. The molecule has 0 aliphatic carbocycles. The van der Waals surface area contributed by atoms with Crippen molar-refractivity contribution in [3.05, 3.63) is 52.3 Å². The van der Waals surface area contributed by atoms with Gasteiger partial charge >= 0.3 is 6.18 Å². The Labute approximate surface area is 108 Å². The highest BCUT2D eigenvalue weighted by molar-refractivity contribution is 6.32. The highest BCUT2D eigenvalue weighted by atomic mass is 35.5. The lowest BCUT2D eigenvalue weighted by atomic mass is 10.2. The maximum atomic E-state index is 12.5. The van der Waals surface area contributed by atoms with Crippen LogP contribution in [-0.2, 0) is 6.18 Å². The molecule has 0 amide bonds. The zero-order valence-corrected chi connectivity index (χ0v) is 10.6. The number of benzene rings is 1. The van der Waals surface area contributed by atoms with Crippen LogP contribution in [-0.4, -0.2) is 4.57 Å². The molecule has 96 valence electrons. The van der Waals surface area contributed by atoms with Gasteiger partial charge in [0.15, 0.2) is 0 Å². The first-order valence-corrected chi connectivity index (χ1v) is 5.70. The quantitative estimate of drug-likeness (QED) is 0.705. The summed E-state index contributed by atoms with van der Waals surface area (Å²) in [6, 6.07) is 7.17. The summed E-state index contributed by atoms with van der Waals surface area (Å²) in [7, 11) is 0. The average molecular weight is 274 g/mol. The van der Waals surface area contributed by atoms with E-state index in [0.717, 1.165) is 23.5 Å². The molecule has 1 heterocycles. The molecule has 0 bridgehead atoms. The van der Waals surface area contributed by atoms with Crippen LogP contribution in [0.1, 0.15) is 17.0 Å². The van der Waals surface area contributed by atoms with Crippen molar-refractivity contribution in [2.24, 2.45) is 0 Å². The van der Waals surface area contributed by atoms with Crippen LogP contribution in [0.5, 0.6) is 0 Å². The van der Waals surface area contributed by atoms with Crippen molar-refractivity contribution in [1.29, 1.82) is 0 Å². The molecule has 0 radical (unpaired) electrons. The lowest BCUT2D eigenvalue weighted by Gasteiger charge is -2.13. The average Bonchev–Trinajstić information content (AvgIpc) is 2.58. The topological polar surface area (TPSA) is 4.93 Å². The summed E-state index contributed by atoms with van der Waals surface area (Å²) in [5, 5.41) is 0.0900. The summed E-state index contributed by atoms with van der Waals surface area (Å²) in [5.41, 5.74) is 1.67. The van der Waals surface area contributed by atoms with E-state index < -0.39 is 11.7 Å². The van der Waals surface area contributed by atoms with Crippen LogP contribution in [0, 0.1) is 13.8 Å². The Morgan fingerprint density at radius 1 is 1.00 bits per heavy atom. The van der Waals surface area contributed by atoms with E-state index in [2.05, 4.69) is 0 Å². The molecule has 0 atom stereocenters. The van der Waals surface area contributed by atoms with Gasteiger partial charge in [-0.1, -0.05) is 11.6 Å². The molecule has 0 fully saturated rings. The first kappa shape index (κ1) is 13.0. The zero-order valence-electron chi connectivity index (χ0n) is 9.85. The Morgan fingerprint density at radius 2 is 1.56 bits per heavy atom. The lowest BCUT2D eigenvalue weighted by molar-refractivity contribution is -0.137. The number of nitrogens with zero attached hydrogens (tertiary/aromatic N) is 1. The minimum atomic E-state index is -4.37. The van der Waals surface area contributed by atoms with E-state index in [9.17, 15) is 13.2 Å². The molecule has 1 aromatic heterocycles. The predicted octanol–water partition coefficient (Wildman–Crippen LogP) is 4.77. The third-order valence-electron chi connectivity index (χ3n) is 2.79. The predicted molar refractivity (Wildman–Crippen MR) is 65.3 cm³/mol. The van der Waals surface area contributed by atoms with Gasteiger partial charge in [0, 0.05) is 11.4 Å². The highest BCUT2D eigenvalue weighted by Gasteiger charge is 2.31. The van der Waals surface area contributed by atoms with E-state index in [0.29, 0.717) is 5.69 Å². The second kappa shape index (κ2) is 4.35. The SMILES string of the molecule is Cc1ccc(C)n1-c1ccc(C(F)(F)F)cc1Cl. The van der Waals surface area contributed by atoms with Gasteiger partial charge in [-0.25, -0.2) is 0 Å². The van der Waals surface area contributed by atoms with E-state index in [-0.39, 0.29) is 5.02 Å². The molecule has 2 aromatic rings. The minimum absolute atomic E-state index is 0.0900. The van der Waals surface area contributed by atoms with E-state index in [1.165, 1.54) is 6.07 Å². The molecular weight excluding hydrogens is 263 g/mol. The van der Waals surface area contributed by atoms with E-state index >= 15 is 0 Å². The molecule has 2 rings (SSSR count). The van der Waals surface area contributed by atoms with Crippen molar-refractivity contribution in [3.63, 3.8) is 0 Å². The third kappa shape index (κ3) is 2.25. The van der Waals surface area contributed by atoms with Crippen LogP contribution in [0.25, 0.3) is 5.69 Å². The van der Waals surface area contributed by atoms with Gasteiger partial charge in [0.2, 0.25) is 0 Å². The van der Waals surface area contributed by atoms with Crippen LogP contribution >= 0.6 is 11.6 Å². The summed E-state index contributed by atoms with van der Waals surface area (Å²) in [4.78, 5) is 0. The second-order valence-corrected chi connectivity index (χ2v) is 4.52. The smallest absolute Gasteiger partial charge is 0.317 e. The lowest BCUT2D eigenvalue weighted by Crippen LogP contribution is -2.06. The van der Waals surface area contributed by atoms with Crippen molar-refractivity contribution in [3.8, 4) is 5.69 Å². The Morgan fingerprint density at radius 3 is 2.00 bits per heavy atom. The minimum Gasteiger partial charge on any atom is -0.317 e. The number of rotatable bonds is 1. The molecule has 0 unspecified atom stereocenters. The number of aromatic nitrogens is 1. The van der Waals surface area contributed by atoms with Crippen LogP contribution < -0.4 is 0 Å². The molecule has 0 N–H and O–H groups in total. The fourth-order valence-corrected chi connectivity index (χ4v) is 2.18. The first-order valence-electron chi connectivity index (χ1n) is 5.33. The third-order valence-corrected chi connectivity index (χ3v) is 3.09. The van der Waals surface area contributed by atoms with Crippen molar-refractivity contribution in [2.45, 2.75) is 20.0 Å². The standard InChI is InChI=1S/C13H11ClF3N/c1-8-3-4-9(2)18(8)12-6-5-10(7-11(12)14)13(15,16)17/h3-7H,1-2H3. The molecule has 18 heavy (non-hydrogen) atoms. The van der Waals surface area contributed by atoms with Crippen LogP contribution in [0.15, 0.2) is 30.3 Å². The summed E-state index contributed by atoms with van der Waals surface area (Å²) < 4.78 is 39.4. The zero-order chi connectivity index (χ0) is 13.5. The van der Waals surface area contributed by atoms with Crippen LogP contribution in [0.4, 0.5) is 13.2 Å². The Balaban J connectivity index is 2.55. The highest BCUT2D eigenvalue weighted by Crippen LogP contribution is 2.33. The summed E-state index contributed by atoms with van der Waals surface area (Å²) >= 11 is 5.95. The van der Waals surface area contributed by atoms with Gasteiger partial charge in [0.1, 0.15) is 0 Å². The number of hydrogen-bond acceptors (Lipinski definition) is 0. The first-order chi connectivity index (χ1) is 8.30. The van der Waals surface area contributed by atoms with E-state index in [4.69, 9.17) is 11.6 Å². The van der Waals surface area contributed by atoms with Crippen molar-refractivity contribution >= 4 is 11.6 Å². The maximum Gasteiger partial charge on any atom is 0.416 e. The van der Waals surface area contributed by atoms with Gasteiger partial charge in [0.25, 0.3) is 0 Å². The molecule has 0 aliphatic rings. The largest absolute Gasteiger partial charge is 0.416 e. The number of aryl methyl sites for hydroxylation is 2. The Kier molecular flexibility index (Phi) is 3.15. The molecule has 0 aliphatic heterocycles. The van der Waals surface area contributed by atoms with Gasteiger partial charge < -0.3 is 4.57 Å². The molecule has 0 spiro atoms. The summed E-state index contributed by atoms with van der Waals surface area (Å²) in [6.45, 7) is 3.75. The number of hydrogen-bond donors (Lipinski definition) is 0. The van der Waals surface area contributed by atoms with E-state index in [1.54, 1.807) is 0 Å². The van der Waals surface area contributed by atoms with Gasteiger partial charge in [-0.05, 0) is 44.2 Å². The second-order valence-electron chi connectivity index (χ2n) is 4.12. The monoisotopic (exact) mass is 273 g/mol. The van der Waals surface area contributed by atoms with Crippen LogP contribution in [0.3, 0.4) is 0 Å². The van der Waals surface area contributed by atoms with Gasteiger partial charge in [-0.15, -0.1) is 0 Å². The molecule has 5 heteroatoms. The normalized spacial score (nSPS) is 11.9. The summed E-state index contributed by atoms with van der Waals surface area (Å²) in [5.74, 6) is 0. The number of alkyl halides is 3. The molecule has 1 nitrogen and oxygen atoms in total. The molecule has 0 saturated heterocycles. The maximum absolute atomic E-state index is 12.5. The van der Waals surface area contributed by atoms with Gasteiger partial charge in [-0.2, -0.15) is 13.2 Å². The fraction of sp³-hybridized carbons (Fsp3) is 0.231. The molecule has 1 aromatic carbocycles. The van der Waals surface area contributed by atoms with Gasteiger partial charge in [-0.3, -0.25) is 0 Å². The molecular formula is C13H11ClF3N. The van der Waals surface area contributed by atoms with E-state index in [1.807, 2.05) is 30.5 Å². The molecule has 0 saturated carbocycles.